The molecule has 1 heterocycles. The van der Waals surface area contributed by atoms with Crippen molar-refractivity contribution in [1.82, 2.24) is 9.62 Å². The van der Waals surface area contributed by atoms with Crippen LogP contribution >= 0.6 is 0 Å². The van der Waals surface area contributed by atoms with Crippen molar-refractivity contribution >= 4 is 10.0 Å². The summed E-state index contributed by atoms with van der Waals surface area (Å²) in [4.78, 5) is 0.298. The maximum absolute atomic E-state index is 12.4. The number of nitrogens with zero attached hydrogens (tertiary/aromatic N) is 1. The minimum atomic E-state index is -3.42. The number of ether oxygens (including phenoxy) is 2. The van der Waals surface area contributed by atoms with Gasteiger partial charge in [0.1, 0.15) is 5.75 Å². The van der Waals surface area contributed by atoms with Gasteiger partial charge in [0.2, 0.25) is 10.0 Å². The summed E-state index contributed by atoms with van der Waals surface area (Å²) in [6.07, 6.45) is 0.907. The van der Waals surface area contributed by atoms with E-state index in [9.17, 15) is 8.42 Å². The molecule has 2 rings (SSSR count). The molecule has 21 heavy (non-hydrogen) atoms. The molecule has 1 aliphatic heterocycles. The Bertz CT molecular complexity index is 524. The summed E-state index contributed by atoms with van der Waals surface area (Å²) < 4.78 is 37.0. The molecule has 0 aromatic heterocycles. The highest BCUT2D eigenvalue weighted by atomic mass is 32.2. The van der Waals surface area contributed by atoms with Crippen LogP contribution in [0.25, 0.3) is 0 Å². The van der Waals surface area contributed by atoms with Crippen LogP contribution in [-0.4, -0.2) is 59.2 Å². The van der Waals surface area contributed by atoms with Gasteiger partial charge in [0.15, 0.2) is 0 Å². The Kier molecular flexibility index (Phi) is 5.98. The zero-order valence-corrected chi connectivity index (χ0v) is 13.1. The lowest BCUT2D eigenvalue weighted by molar-refractivity contribution is 0.0730. The quantitative estimate of drug-likeness (QED) is 0.750. The summed E-state index contributed by atoms with van der Waals surface area (Å²) in [6.45, 7) is 3.22. The highest BCUT2D eigenvalue weighted by molar-refractivity contribution is 7.89. The van der Waals surface area contributed by atoms with Crippen LogP contribution in [0.2, 0.25) is 0 Å². The third-order valence-corrected chi connectivity index (χ3v) is 5.18. The molecule has 0 spiro atoms. The zero-order chi connectivity index (χ0) is 15.1. The van der Waals surface area contributed by atoms with E-state index in [4.69, 9.17) is 9.47 Å². The van der Waals surface area contributed by atoms with E-state index in [1.54, 1.807) is 24.3 Å². The Morgan fingerprint density at radius 2 is 1.90 bits per heavy atom. The zero-order valence-electron chi connectivity index (χ0n) is 12.2. The summed E-state index contributed by atoms with van der Waals surface area (Å²) in [5, 5.41) is 3.04. The van der Waals surface area contributed by atoms with Gasteiger partial charge in [-0.3, -0.25) is 0 Å². The maximum atomic E-state index is 12.4. The normalized spacial score (nSPS) is 16.8. The average Bonchev–Trinajstić information content (AvgIpc) is 2.53. The van der Waals surface area contributed by atoms with E-state index in [0.29, 0.717) is 43.6 Å². The van der Waals surface area contributed by atoms with Gasteiger partial charge in [-0.05, 0) is 44.3 Å². The van der Waals surface area contributed by atoms with Gasteiger partial charge in [-0.25, -0.2) is 8.42 Å². The monoisotopic (exact) mass is 314 g/mol. The Morgan fingerprint density at radius 3 is 2.52 bits per heavy atom. The van der Waals surface area contributed by atoms with Crippen LogP contribution in [0.3, 0.4) is 0 Å². The van der Waals surface area contributed by atoms with Crippen molar-refractivity contribution in [3.05, 3.63) is 24.3 Å². The van der Waals surface area contributed by atoms with Crippen LogP contribution in [0.4, 0.5) is 0 Å². The summed E-state index contributed by atoms with van der Waals surface area (Å²) in [7, 11) is -1.53. The molecule has 0 unspecified atom stereocenters. The lowest BCUT2D eigenvalue weighted by atomic mass is 10.3. The van der Waals surface area contributed by atoms with Crippen LogP contribution in [-0.2, 0) is 14.8 Å². The summed E-state index contributed by atoms with van der Waals surface area (Å²) >= 11 is 0. The van der Waals surface area contributed by atoms with Crippen molar-refractivity contribution in [2.24, 2.45) is 0 Å². The Labute approximate surface area is 126 Å². The summed E-state index contributed by atoms with van der Waals surface area (Å²) in [6, 6.07) is 6.59. The van der Waals surface area contributed by atoms with Gasteiger partial charge in [0, 0.05) is 13.1 Å². The van der Waals surface area contributed by atoms with Crippen molar-refractivity contribution in [2.45, 2.75) is 11.3 Å². The number of morpholine rings is 1. The molecule has 0 bridgehead atoms. The fourth-order valence-corrected chi connectivity index (χ4v) is 3.49. The maximum Gasteiger partial charge on any atom is 0.243 e. The van der Waals surface area contributed by atoms with E-state index in [-0.39, 0.29) is 0 Å². The smallest absolute Gasteiger partial charge is 0.243 e. The van der Waals surface area contributed by atoms with E-state index < -0.39 is 10.0 Å². The molecule has 0 amide bonds. The van der Waals surface area contributed by atoms with Gasteiger partial charge in [-0.15, -0.1) is 0 Å². The van der Waals surface area contributed by atoms with Crippen LogP contribution in [0, 0.1) is 0 Å². The number of hydrogen-bond acceptors (Lipinski definition) is 5. The predicted octanol–water partition coefficient (Wildman–Crippen LogP) is 0.696. The summed E-state index contributed by atoms with van der Waals surface area (Å²) in [5.74, 6) is 0.687. The van der Waals surface area contributed by atoms with Crippen molar-refractivity contribution in [1.29, 1.82) is 0 Å². The molecule has 7 heteroatoms. The highest BCUT2D eigenvalue weighted by Crippen LogP contribution is 2.20. The minimum Gasteiger partial charge on any atom is -0.494 e. The highest BCUT2D eigenvalue weighted by Gasteiger charge is 2.26. The van der Waals surface area contributed by atoms with E-state index in [0.717, 1.165) is 13.0 Å². The topological polar surface area (TPSA) is 67.9 Å². The third-order valence-electron chi connectivity index (χ3n) is 3.27. The SMILES string of the molecule is CNCCCOc1ccc(S(=O)(=O)N2CCOCC2)cc1. The van der Waals surface area contributed by atoms with Gasteiger partial charge in [0.05, 0.1) is 24.7 Å². The molecule has 1 aromatic rings. The second kappa shape index (κ2) is 7.74. The molecule has 0 radical (unpaired) electrons. The fraction of sp³-hybridized carbons (Fsp3) is 0.571. The van der Waals surface area contributed by atoms with Gasteiger partial charge in [-0.1, -0.05) is 0 Å². The molecule has 0 aliphatic carbocycles. The molecule has 1 saturated heterocycles. The molecule has 1 aromatic carbocycles. The van der Waals surface area contributed by atoms with Gasteiger partial charge in [-0.2, -0.15) is 4.31 Å². The van der Waals surface area contributed by atoms with E-state index >= 15 is 0 Å². The second-order valence-corrected chi connectivity index (χ2v) is 6.73. The molecule has 0 atom stereocenters. The number of benzene rings is 1. The number of rotatable bonds is 7. The van der Waals surface area contributed by atoms with Crippen molar-refractivity contribution in [2.75, 3.05) is 46.5 Å². The van der Waals surface area contributed by atoms with Crippen LogP contribution in [0.5, 0.6) is 5.75 Å². The van der Waals surface area contributed by atoms with Crippen LogP contribution < -0.4 is 10.1 Å². The molecule has 1 N–H and O–H groups in total. The van der Waals surface area contributed by atoms with E-state index in [1.165, 1.54) is 4.31 Å². The van der Waals surface area contributed by atoms with E-state index in [1.807, 2.05) is 7.05 Å². The van der Waals surface area contributed by atoms with Crippen molar-refractivity contribution in [3.8, 4) is 5.75 Å². The number of nitrogens with one attached hydrogen (secondary N) is 1. The van der Waals surface area contributed by atoms with Crippen molar-refractivity contribution in [3.63, 3.8) is 0 Å². The molecular weight excluding hydrogens is 292 g/mol. The largest absolute Gasteiger partial charge is 0.494 e. The average molecular weight is 314 g/mol. The molecule has 1 fully saturated rings. The molecule has 0 saturated carbocycles. The minimum absolute atomic E-state index is 0.298. The Morgan fingerprint density at radius 1 is 1.24 bits per heavy atom. The first-order valence-electron chi connectivity index (χ1n) is 7.10. The van der Waals surface area contributed by atoms with Crippen molar-refractivity contribution < 1.29 is 17.9 Å². The number of hydrogen-bond donors (Lipinski definition) is 1. The second-order valence-electron chi connectivity index (χ2n) is 4.79. The fourth-order valence-electron chi connectivity index (χ4n) is 2.08. The van der Waals surface area contributed by atoms with Gasteiger partial charge >= 0.3 is 0 Å². The lowest BCUT2D eigenvalue weighted by Gasteiger charge is -2.26. The van der Waals surface area contributed by atoms with Gasteiger partial charge < -0.3 is 14.8 Å². The molecule has 6 nitrogen and oxygen atoms in total. The first-order valence-corrected chi connectivity index (χ1v) is 8.54. The molecule has 118 valence electrons. The lowest BCUT2D eigenvalue weighted by Crippen LogP contribution is -2.40. The third kappa shape index (κ3) is 4.41. The first kappa shape index (κ1) is 16.2. The van der Waals surface area contributed by atoms with Crippen LogP contribution in [0.1, 0.15) is 6.42 Å². The number of sulfonamides is 1. The first-order chi connectivity index (χ1) is 10.1. The van der Waals surface area contributed by atoms with Gasteiger partial charge in [0.25, 0.3) is 0 Å². The molecular formula is C14H22N2O4S. The standard InChI is InChI=1S/C14H22N2O4S/c1-15-7-2-10-20-13-3-5-14(6-4-13)21(17,18)16-8-11-19-12-9-16/h3-6,15H,2,7-12H2,1H3. The predicted molar refractivity (Wildman–Crippen MR) is 80.1 cm³/mol. The Hall–Kier alpha value is -1.15. The van der Waals surface area contributed by atoms with E-state index in [2.05, 4.69) is 5.32 Å². The molecule has 1 aliphatic rings. The Balaban J connectivity index is 1.97. The van der Waals surface area contributed by atoms with Crippen LogP contribution in [0.15, 0.2) is 29.2 Å². The summed E-state index contributed by atoms with van der Waals surface area (Å²) in [5.41, 5.74) is 0.